The zero-order chi connectivity index (χ0) is 18.7. The highest BCUT2D eigenvalue weighted by Gasteiger charge is 2.33. The maximum atomic E-state index is 13.4. The number of carbonyl (C=O) groups is 2. The standard InChI is InChI=1S/C20H22FN3O2/c1-13-3-5-15(6-4-13)12-22-20(26)23-18-9-10-24(19(18)25)16-7-8-17(21)14(2)11-16/h3-8,11,18H,9-10,12H2,1-2H3,(H2,22,23,26). The Morgan fingerprint density at radius 3 is 2.62 bits per heavy atom. The summed E-state index contributed by atoms with van der Waals surface area (Å²) < 4.78 is 13.4. The predicted octanol–water partition coefficient (Wildman–Crippen LogP) is 3.05. The van der Waals surface area contributed by atoms with Gasteiger partial charge in [-0.1, -0.05) is 29.8 Å². The van der Waals surface area contributed by atoms with E-state index in [1.807, 2.05) is 31.2 Å². The quantitative estimate of drug-likeness (QED) is 0.886. The molecule has 26 heavy (non-hydrogen) atoms. The fourth-order valence-corrected chi connectivity index (χ4v) is 2.96. The summed E-state index contributed by atoms with van der Waals surface area (Å²) in [5.41, 5.74) is 3.29. The molecule has 1 atom stereocenters. The lowest BCUT2D eigenvalue weighted by Crippen LogP contribution is -2.45. The third kappa shape index (κ3) is 4.02. The maximum Gasteiger partial charge on any atom is 0.315 e. The fraction of sp³-hybridized carbons (Fsp3) is 0.300. The normalized spacial score (nSPS) is 16.7. The molecule has 1 fully saturated rings. The molecule has 136 valence electrons. The second-order valence-corrected chi connectivity index (χ2v) is 6.58. The number of amides is 3. The number of anilines is 1. The van der Waals surface area contributed by atoms with E-state index in [0.29, 0.717) is 30.8 Å². The van der Waals surface area contributed by atoms with Crippen LogP contribution in [0.15, 0.2) is 42.5 Å². The first-order valence-corrected chi connectivity index (χ1v) is 8.61. The molecular weight excluding hydrogens is 333 g/mol. The van der Waals surface area contributed by atoms with Crippen molar-refractivity contribution in [1.29, 1.82) is 0 Å². The molecular formula is C20H22FN3O2. The lowest BCUT2D eigenvalue weighted by atomic mass is 10.1. The molecule has 3 amide bonds. The molecule has 0 bridgehead atoms. The largest absolute Gasteiger partial charge is 0.334 e. The number of nitrogens with zero attached hydrogens (tertiary/aromatic N) is 1. The van der Waals surface area contributed by atoms with E-state index >= 15 is 0 Å². The highest BCUT2D eigenvalue weighted by molar-refractivity contribution is 6.01. The Morgan fingerprint density at radius 2 is 1.92 bits per heavy atom. The lowest BCUT2D eigenvalue weighted by molar-refractivity contribution is -0.118. The minimum atomic E-state index is -0.571. The van der Waals surface area contributed by atoms with Gasteiger partial charge in [0.1, 0.15) is 11.9 Å². The zero-order valence-electron chi connectivity index (χ0n) is 14.9. The van der Waals surface area contributed by atoms with Crippen LogP contribution in [-0.2, 0) is 11.3 Å². The molecule has 5 nitrogen and oxygen atoms in total. The summed E-state index contributed by atoms with van der Waals surface area (Å²) >= 11 is 0. The van der Waals surface area contributed by atoms with Gasteiger partial charge in [0.15, 0.2) is 0 Å². The Kier molecular flexibility index (Phi) is 5.21. The monoisotopic (exact) mass is 355 g/mol. The third-order valence-electron chi connectivity index (χ3n) is 4.54. The van der Waals surface area contributed by atoms with E-state index in [2.05, 4.69) is 10.6 Å². The van der Waals surface area contributed by atoms with Gasteiger partial charge in [-0.2, -0.15) is 0 Å². The molecule has 3 rings (SSSR count). The van der Waals surface area contributed by atoms with E-state index in [0.717, 1.165) is 11.1 Å². The van der Waals surface area contributed by atoms with Crippen molar-refractivity contribution in [2.75, 3.05) is 11.4 Å². The van der Waals surface area contributed by atoms with E-state index in [1.54, 1.807) is 24.0 Å². The summed E-state index contributed by atoms with van der Waals surface area (Å²) in [6, 6.07) is 11.5. The first-order chi connectivity index (χ1) is 12.4. The summed E-state index contributed by atoms with van der Waals surface area (Å²) in [5, 5.41) is 5.49. The molecule has 2 aromatic carbocycles. The van der Waals surface area contributed by atoms with Gasteiger partial charge in [0.05, 0.1) is 0 Å². The van der Waals surface area contributed by atoms with Crippen LogP contribution >= 0.6 is 0 Å². The van der Waals surface area contributed by atoms with Crippen molar-refractivity contribution in [3.63, 3.8) is 0 Å². The predicted molar refractivity (Wildman–Crippen MR) is 98.4 cm³/mol. The van der Waals surface area contributed by atoms with Crippen LogP contribution in [0.4, 0.5) is 14.9 Å². The molecule has 0 radical (unpaired) electrons. The summed E-state index contributed by atoms with van der Waals surface area (Å²) in [7, 11) is 0. The summed E-state index contributed by atoms with van der Waals surface area (Å²) in [4.78, 5) is 26.2. The van der Waals surface area contributed by atoms with E-state index in [-0.39, 0.29) is 17.8 Å². The number of benzene rings is 2. The number of aryl methyl sites for hydroxylation is 2. The van der Waals surface area contributed by atoms with Crippen LogP contribution < -0.4 is 15.5 Å². The highest BCUT2D eigenvalue weighted by atomic mass is 19.1. The van der Waals surface area contributed by atoms with Gasteiger partial charge in [-0.05, 0) is 49.6 Å². The number of hydrogen-bond donors (Lipinski definition) is 2. The SMILES string of the molecule is Cc1ccc(CNC(=O)NC2CCN(c3ccc(F)c(C)c3)C2=O)cc1. The van der Waals surface area contributed by atoms with Gasteiger partial charge >= 0.3 is 6.03 Å². The minimum Gasteiger partial charge on any atom is -0.334 e. The van der Waals surface area contributed by atoms with Crippen molar-refractivity contribution in [1.82, 2.24) is 10.6 Å². The van der Waals surface area contributed by atoms with E-state index in [9.17, 15) is 14.0 Å². The molecule has 1 aliphatic rings. The lowest BCUT2D eigenvalue weighted by Gasteiger charge is -2.18. The molecule has 1 saturated heterocycles. The number of rotatable bonds is 4. The molecule has 1 heterocycles. The van der Waals surface area contributed by atoms with Gasteiger partial charge in [0.25, 0.3) is 0 Å². The van der Waals surface area contributed by atoms with Crippen molar-refractivity contribution in [3.8, 4) is 0 Å². The van der Waals surface area contributed by atoms with Crippen molar-refractivity contribution in [2.24, 2.45) is 0 Å². The molecule has 0 spiro atoms. The highest BCUT2D eigenvalue weighted by Crippen LogP contribution is 2.23. The van der Waals surface area contributed by atoms with E-state index in [1.165, 1.54) is 6.07 Å². The van der Waals surface area contributed by atoms with Crippen LogP contribution in [0.3, 0.4) is 0 Å². The van der Waals surface area contributed by atoms with Crippen molar-refractivity contribution in [2.45, 2.75) is 32.9 Å². The minimum absolute atomic E-state index is 0.179. The fourth-order valence-electron chi connectivity index (χ4n) is 2.96. The summed E-state index contributed by atoms with van der Waals surface area (Å²) in [6.07, 6.45) is 0.521. The Labute approximate surface area is 152 Å². The Balaban J connectivity index is 1.55. The number of halogens is 1. The molecule has 1 unspecified atom stereocenters. The number of urea groups is 1. The van der Waals surface area contributed by atoms with E-state index in [4.69, 9.17) is 0 Å². The van der Waals surface area contributed by atoms with E-state index < -0.39 is 6.04 Å². The Morgan fingerprint density at radius 1 is 1.19 bits per heavy atom. The zero-order valence-corrected chi connectivity index (χ0v) is 14.9. The smallest absolute Gasteiger partial charge is 0.315 e. The molecule has 1 aliphatic heterocycles. The molecule has 0 aromatic heterocycles. The van der Waals surface area contributed by atoms with Gasteiger partial charge in [-0.25, -0.2) is 9.18 Å². The van der Waals surface area contributed by atoms with Crippen molar-refractivity contribution >= 4 is 17.6 Å². The molecule has 2 N–H and O–H groups in total. The van der Waals surface area contributed by atoms with Crippen LogP contribution in [0.1, 0.15) is 23.1 Å². The summed E-state index contributed by atoms with van der Waals surface area (Å²) in [5.74, 6) is -0.480. The molecule has 6 heteroatoms. The van der Waals surface area contributed by atoms with Crippen molar-refractivity contribution in [3.05, 3.63) is 65.0 Å². The first kappa shape index (κ1) is 17.9. The maximum absolute atomic E-state index is 13.4. The van der Waals surface area contributed by atoms with Crippen LogP contribution in [0.5, 0.6) is 0 Å². The number of carbonyl (C=O) groups excluding carboxylic acids is 2. The average molecular weight is 355 g/mol. The second-order valence-electron chi connectivity index (χ2n) is 6.58. The van der Waals surface area contributed by atoms with Gasteiger partial charge in [0.2, 0.25) is 5.91 Å². The first-order valence-electron chi connectivity index (χ1n) is 8.61. The third-order valence-corrected chi connectivity index (χ3v) is 4.54. The van der Waals surface area contributed by atoms with Gasteiger partial charge in [0, 0.05) is 18.8 Å². The van der Waals surface area contributed by atoms with Gasteiger partial charge < -0.3 is 15.5 Å². The van der Waals surface area contributed by atoms with Crippen molar-refractivity contribution < 1.29 is 14.0 Å². The molecule has 2 aromatic rings. The topological polar surface area (TPSA) is 61.4 Å². The Hall–Kier alpha value is -2.89. The van der Waals surface area contributed by atoms with Crippen LogP contribution in [0.25, 0.3) is 0 Å². The Bertz CT molecular complexity index is 820. The molecule has 0 saturated carbocycles. The van der Waals surface area contributed by atoms with Gasteiger partial charge in [-0.15, -0.1) is 0 Å². The second kappa shape index (κ2) is 7.56. The van der Waals surface area contributed by atoms with Gasteiger partial charge in [-0.3, -0.25) is 4.79 Å². The van der Waals surface area contributed by atoms with Crippen LogP contribution in [0, 0.1) is 19.7 Å². The summed E-state index contributed by atoms with van der Waals surface area (Å²) in [6.45, 7) is 4.55. The average Bonchev–Trinajstić information content (AvgIpc) is 2.97. The van der Waals surface area contributed by atoms with Crippen LogP contribution in [0.2, 0.25) is 0 Å². The molecule has 0 aliphatic carbocycles. The number of hydrogen-bond acceptors (Lipinski definition) is 2. The van der Waals surface area contributed by atoms with Crippen LogP contribution in [-0.4, -0.2) is 24.5 Å². The number of nitrogens with one attached hydrogen (secondary N) is 2.